The highest BCUT2D eigenvalue weighted by Gasteiger charge is 2.21. The van der Waals surface area contributed by atoms with Gasteiger partial charge in [-0.15, -0.1) is 0 Å². The molecule has 3 rings (SSSR count). The number of aromatic hydroxyl groups is 1. The minimum Gasteiger partial charge on any atom is -0.504 e. The topological polar surface area (TPSA) is 41.5 Å². The Morgan fingerprint density at radius 3 is 2.78 bits per heavy atom. The number of nitrogens with one attached hydrogen (secondary N) is 1. The van der Waals surface area contributed by atoms with E-state index in [1.807, 2.05) is 24.3 Å². The molecule has 0 radical (unpaired) electrons. The standard InChI is InChI=1S/C13H10ClNO2S/c1-17-13-9(16)3-5-11-12(13)15-8-6-7(14)2-4-10(8)18-11/h2-6,15-16H,1H3. The summed E-state index contributed by atoms with van der Waals surface area (Å²) in [6.45, 7) is 0. The van der Waals surface area contributed by atoms with Crippen LogP contribution in [0.15, 0.2) is 40.1 Å². The fraction of sp³-hybridized carbons (Fsp3) is 0.0769. The summed E-state index contributed by atoms with van der Waals surface area (Å²) in [5, 5.41) is 13.7. The van der Waals surface area contributed by atoms with E-state index in [0.29, 0.717) is 10.8 Å². The average molecular weight is 280 g/mol. The third kappa shape index (κ3) is 1.78. The number of phenolic OH excluding ortho intramolecular Hbond substituents is 1. The lowest BCUT2D eigenvalue weighted by atomic mass is 10.2. The molecule has 1 aliphatic heterocycles. The highest BCUT2D eigenvalue weighted by Crippen LogP contribution is 2.50. The van der Waals surface area contributed by atoms with E-state index in [2.05, 4.69) is 5.32 Å². The molecule has 1 heterocycles. The Hall–Kier alpha value is -1.52. The molecule has 2 N–H and O–H groups in total. The van der Waals surface area contributed by atoms with Crippen LogP contribution in [-0.4, -0.2) is 12.2 Å². The van der Waals surface area contributed by atoms with E-state index in [-0.39, 0.29) is 5.75 Å². The number of fused-ring (bicyclic) bond motifs is 2. The van der Waals surface area contributed by atoms with Crippen LogP contribution in [0.3, 0.4) is 0 Å². The van der Waals surface area contributed by atoms with Crippen molar-refractivity contribution >= 4 is 34.7 Å². The maximum absolute atomic E-state index is 9.77. The molecule has 1 aliphatic rings. The molecule has 0 spiro atoms. The molecule has 0 amide bonds. The fourth-order valence-electron chi connectivity index (χ4n) is 1.91. The SMILES string of the molecule is COc1c(O)ccc2c1Nc1cc(Cl)ccc1S2. The number of ether oxygens (including phenoxy) is 1. The second kappa shape index (κ2) is 4.30. The van der Waals surface area contributed by atoms with Crippen molar-refractivity contribution in [1.82, 2.24) is 0 Å². The highest BCUT2D eigenvalue weighted by molar-refractivity contribution is 7.99. The van der Waals surface area contributed by atoms with E-state index >= 15 is 0 Å². The number of benzene rings is 2. The van der Waals surface area contributed by atoms with Crippen LogP contribution in [0.2, 0.25) is 5.02 Å². The molecule has 0 bridgehead atoms. The fourth-order valence-corrected chi connectivity index (χ4v) is 3.05. The van der Waals surface area contributed by atoms with Crippen molar-refractivity contribution in [2.75, 3.05) is 12.4 Å². The number of rotatable bonds is 1. The number of halogens is 1. The van der Waals surface area contributed by atoms with Gasteiger partial charge in [0.05, 0.1) is 18.5 Å². The summed E-state index contributed by atoms with van der Waals surface area (Å²) in [6.07, 6.45) is 0. The summed E-state index contributed by atoms with van der Waals surface area (Å²) < 4.78 is 5.23. The first kappa shape index (κ1) is 11.6. The zero-order chi connectivity index (χ0) is 12.7. The molecule has 0 fully saturated rings. The van der Waals surface area contributed by atoms with Crippen molar-refractivity contribution < 1.29 is 9.84 Å². The Morgan fingerprint density at radius 1 is 1.22 bits per heavy atom. The molecule has 3 nitrogen and oxygen atoms in total. The number of hydrogen-bond donors (Lipinski definition) is 2. The first-order valence-electron chi connectivity index (χ1n) is 5.33. The van der Waals surface area contributed by atoms with Crippen molar-refractivity contribution in [2.24, 2.45) is 0 Å². The number of anilines is 2. The molecule has 18 heavy (non-hydrogen) atoms. The van der Waals surface area contributed by atoms with Gasteiger partial charge in [0.25, 0.3) is 0 Å². The monoisotopic (exact) mass is 279 g/mol. The zero-order valence-electron chi connectivity index (χ0n) is 9.53. The van der Waals surface area contributed by atoms with Crippen LogP contribution in [0.1, 0.15) is 0 Å². The molecule has 2 aromatic carbocycles. The molecule has 0 saturated heterocycles. The Bertz CT molecular complexity index is 631. The lowest BCUT2D eigenvalue weighted by Gasteiger charge is -2.23. The minimum atomic E-state index is 0.120. The van der Waals surface area contributed by atoms with E-state index in [4.69, 9.17) is 16.3 Å². The molecular weight excluding hydrogens is 270 g/mol. The first-order chi connectivity index (χ1) is 8.69. The van der Waals surface area contributed by atoms with E-state index in [9.17, 15) is 5.11 Å². The van der Waals surface area contributed by atoms with Crippen molar-refractivity contribution in [3.63, 3.8) is 0 Å². The van der Waals surface area contributed by atoms with E-state index < -0.39 is 0 Å². The van der Waals surface area contributed by atoms with Crippen molar-refractivity contribution in [3.05, 3.63) is 35.4 Å². The second-order valence-electron chi connectivity index (χ2n) is 3.86. The quantitative estimate of drug-likeness (QED) is 0.698. The normalized spacial score (nSPS) is 12.3. The van der Waals surface area contributed by atoms with Gasteiger partial charge in [0.2, 0.25) is 0 Å². The Labute approximate surface area is 114 Å². The van der Waals surface area contributed by atoms with E-state index in [1.165, 1.54) is 7.11 Å². The van der Waals surface area contributed by atoms with Gasteiger partial charge in [0, 0.05) is 14.8 Å². The van der Waals surface area contributed by atoms with Crippen molar-refractivity contribution in [2.45, 2.75) is 9.79 Å². The van der Waals surface area contributed by atoms with Crippen LogP contribution in [0.5, 0.6) is 11.5 Å². The van der Waals surface area contributed by atoms with Crippen LogP contribution in [-0.2, 0) is 0 Å². The van der Waals surface area contributed by atoms with E-state index in [1.54, 1.807) is 17.8 Å². The first-order valence-corrected chi connectivity index (χ1v) is 6.53. The van der Waals surface area contributed by atoms with Crippen LogP contribution in [0.4, 0.5) is 11.4 Å². The van der Waals surface area contributed by atoms with Crippen LogP contribution in [0.25, 0.3) is 0 Å². The molecule has 0 unspecified atom stereocenters. The smallest absolute Gasteiger partial charge is 0.185 e. The summed E-state index contributed by atoms with van der Waals surface area (Å²) >= 11 is 7.60. The van der Waals surface area contributed by atoms with Gasteiger partial charge in [0.1, 0.15) is 0 Å². The zero-order valence-corrected chi connectivity index (χ0v) is 11.1. The molecule has 0 saturated carbocycles. The largest absolute Gasteiger partial charge is 0.504 e. The predicted octanol–water partition coefficient (Wildman–Crippen LogP) is 4.26. The predicted molar refractivity (Wildman–Crippen MR) is 73.5 cm³/mol. The maximum Gasteiger partial charge on any atom is 0.185 e. The number of methoxy groups -OCH3 is 1. The summed E-state index contributed by atoms with van der Waals surface area (Å²) in [7, 11) is 1.54. The second-order valence-corrected chi connectivity index (χ2v) is 5.38. The van der Waals surface area contributed by atoms with Gasteiger partial charge >= 0.3 is 0 Å². The van der Waals surface area contributed by atoms with Crippen molar-refractivity contribution in [3.8, 4) is 11.5 Å². The van der Waals surface area contributed by atoms with Gasteiger partial charge in [-0.2, -0.15) is 0 Å². The van der Waals surface area contributed by atoms with Gasteiger partial charge < -0.3 is 15.2 Å². The van der Waals surface area contributed by atoms with Crippen molar-refractivity contribution in [1.29, 1.82) is 0 Å². The lowest BCUT2D eigenvalue weighted by Crippen LogP contribution is -2.02. The summed E-state index contributed by atoms with van der Waals surface area (Å²) in [6, 6.07) is 9.18. The van der Waals surface area contributed by atoms with E-state index in [0.717, 1.165) is 21.2 Å². The molecule has 0 atom stereocenters. The van der Waals surface area contributed by atoms with Gasteiger partial charge in [-0.3, -0.25) is 0 Å². The molecule has 0 aliphatic carbocycles. The van der Waals surface area contributed by atoms with Crippen LogP contribution < -0.4 is 10.1 Å². The number of hydrogen-bond acceptors (Lipinski definition) is 4. The highest BCUT2D eigenvalue weighted by atomic mass is 35.5. The Kier molecular flexibility index (Phi) is 2.76. The third-order valence-electron chi connectivity index (χ3n) is 2.72. The number of phenols is 1. The summed E-state index contributed by atoms with van der Waals surface area (Å²) in [5.41, 5.74) is 1.70. The van der Waals surface area contributed by atoms with Gasteiger partial charge in [-0.25, -0.2) is 0 Å². The summed E-state index contributed by atoms with van der Waals surface area (Å²) in [5.74, 6) is 0.570. The van der Waals surface area contributed by atoms with Crippen LogP contribution in [0, 0.1) is 0 Å². The Morgan fingerprint density at radius 2 is 2.00 bits per heavy atom. The van der Waals surface area contributed by atoms with Gasteiger partial charge in [-0.05, 0) is 30.3 Å². The minimum absolute atomic E-state index is 0.120. The third-order valence-corrected chi connectivity index (χ3v) is 4.10. The average Bonchev–Trinajstić information content (AvgIpc) is 2.36. The van der Waals surface area contributed by atoms with Gasteiger partial charge in [0.15, 0.2) is 11.5 Å². The molecule has 0 aromatic heterocycles. The summed E-state index contributed by atoms with van der Waals surface area (Å²) in [4.78, 5) is 2.11. The van der Waals surface area contributed by atoms with Crippen LogP contribution >= 0.6 is 23.4 Å². The van der Waals surface area contributed by atoms with Gasteiger partial charge in [-0.1, -0.05) is 23.4 Å². The molecule has 5 heteroatoms. The molecule has 92 valence electrons. The maximum atomic E-state index is 9.77. The lowest BCUT2D eigenvalue weighted by molar-refractivity contribution is 0.374. The molecule has 2 aromatic rings. The molecular formula is C13H10ClNO2S. The Balaban J connectivity index is 2.14.